The summed E-state index contributed by atoms with van der Waals surface area (Å²) < 4.78 is 6.69. The van der Waals surface area contributed by atoms with Gasteiger partial charge in [-0.3, -0.25) is 9.59 Å². The normalized spacial score (nSPS) is 10.4. The maximum Gasteiger partial charge on any atom is 0.254 e. The van der Waals surface area contributed by atoms with Crippen molar-refractivity contribution in [1.82, 2.24) is 9.88 Å². The fraction of sp³-hybridized carbons (Fsp3) is 0.333. The number of pyridine rings is 1. The zero-order valence-corrected chi connectivity index (χ0v) is 14.0. The van der Waals surface area contributed by atoms with E-state index in [-0.39, 0.29) is 11.5 Å². The van der Waals surface area contributed by atoms with Crippen molar-refractivity contribution in [1.29, 1.82) is 0 Å². The molecule has 23 heavy (non-hydrogen) atoms. The van der Waals surface area contributed by atoms with Crippen LogP contribution in [-0.2, 0) is 6.54 Å². The topological polar surface area (TPSA) is 60.3 Å². The summed E-state index contributed by atoms with van der Waals surface area (Å²) in [6.45, 7) is 6.58. The molecule has 0 fully saturated rings. The number of ether oxygens (including phenoxy) is 1. The Bertz CT molecular complexity index is 758. The van der Waals surface area contributed by atoms with Crippen LogP contribution in [0.1, 0.15) is 27.2 Å². The molecule has 0 unspecified atom stereocenters. The number of amides is 1. The zero-order valence-electron chi connectivity index (χ0n) is 14.0. The molecule has 2 aromatic rings. The van der Waals surface area contributed by atoms with Gasteiger partial charge in [0.1, 0.15) is 5.75 Å². The number of nitrogens with one attached hydrogen (secondary N) is 1. The molecule has 1 heterocycles. The monoisotopic (exact) mass is 314 g/mol. The van der Waals surface area contributed by atoms with Crippen LogP contribution in [0, 0.1) is 20.8 Å². The van der Waals surface area contributed by atoms with Crippen molar-refractivity contribution in [2.24, 2.45) is 0 Å². The average molecular weight is 314 g/mol. The fourth-order valence-corrected chi connectivity index (χ4v) is 2.59. The van der Waals surface area contributed by atoms with Gasteiger partial charge in [-0.05, 0) is 39.0 Å². The first-order chi connectivity index (χ1) is 10.9. The molecule has 0 saturated heterocycles. The molecule has 1 N–H and O–H groups in total. The van der Waals surface area contributed by atoms with Gasteiger partial charge in [0, 0.05) is 30.4 Å². The van der Waals surface area contributed by atoms with Crippen molar-refractivity contribution in [3.8, 4) is 5.75 Å². The maximum atomic E-state index is 12.2. The minimum atomic E-state index is -0.137. The third-order valence-corrected chi connectivity index (χ3v) is 3.65. The highest BCUT2D eigenvalue weighted by Crippen LogP contribution is 2.10. The predicted octanol–water partition coefficient (Wildman–Crippen LogP) is 2.21. The van der Waals surface area contributed by atoms with E-state index < -0.39 is 0 Å². The summed E-state index contributed by atoms with van der Waals surface area (Å²) in [5, 5.41) is 2.86. The summed E-state index contributed by atoms with van der Waals surface area (Å²) in [6, 6.07) is 8.98. The Morgan fingerprint density at radius 3 is 2.30 bits per heavy atom. The molecule has 1 amide bonds. The average Bonchev–Trinajstić information content (AvgIpc) is 2.48. The van der Waals surface area contributed by atoms with E-state index in [1.165, 1.54) is 13.2 Å². The lowest BCUT2D eigenvalue weighted by Crippen LogP contribution is -2.31. The predicted molar refractivity (Wildman–Crippen MR) is 90.2 cm³/mol. The fourth-order valence-electron chi connectivity index (χ4n) is 2.59. The van der Waals surface area contributed by atoms with Crippen LogP contribution in [0.3, 0.4) is 0 Å². The van der Waals surface area contributed by atoms with Gasteiger partial charge in [0.2, 0.25) is 0 Å². The highest BCUT2D eigenvalue weighted by Gasteiger charge is 2.08. The summed E-state index contributed by atoms with van der Waals surface area (Å²) in [6.07, 6.45) is 0. The molecule has 5 nitrogen and oxygen atoms in total. The molecule has 0 atom stereocenters. The molecule has 1 aromatic carbocycles. The molecule has 0 radical (unpaired) electrons. The quantitative estimate of drug-likeness (QED) is 0.920. The Labute approximate surface area is 135 Å². The second-order valence-corrected chi connectivity index (χ2v) is 5.66. The first kappa shape index (κ1) is 16.8. The standard InChI is InChI=1S/C18H22N2O3/c1-12-7-13(2)9-15(8-12)18(22)19-5-6-20-14(3)10-16(23-4)11-17(20)21/h7-11H,5-6H2,1-4H3,(H,19,22). The van der Waals surface area contributed by atoms with Crippen LogP contribution in [0.4, 0.5) is 0 Å². The van der Waals surface area contributed by atoms with Gasteiger partial charge in [-0.1, -0.05) is 17.2 Å². The van der Waals surface area contributed by atoms with Gasteiger partial charge < -0.3 is 14.6 Å². The van der Waals surface area contributed by atoms with Crippen molar-refractivity contribution < 1.29 is 9.53 Å². The van der Waals surface area contributed by atoms with Crippen molar-refractivity contribution >= 4 is 5.91 Å². The molecule has 0 aliphatic heterocycles. The third kappa shape index (κ3) is 4.22. The van der Waals surface area contributed by atoms with Crippen LogP contribution in [0.25, 0.3) is 0 Å². The lowest BCUT2D eigenvalue weighted by molar-refractivity contribution is 0.0952. The number of aromatic nitrogens is 1. The number of benzene rings is 1. The molecule has 5 heteroatoms. The Kier molecular flexibility index (Phi) is 5.21. The summed E-state index contributed by atoms with van der Waals surface area (Å²) in [5.41, 5.74) is 3.41. The lowest BCUT2D eigenvalue weighted by atomic mass is 10.1. The van der Waals surface area contributed by atoms with E-state index in [0.29, 0.717) is 24.4 Å². The number of nitrogens with zero attached hydrogens (tertiary/aromatic N) is 1. The van der Waals surface area contributed by atoms with Crippen molar-refractivity contribution in [2.45, 2.75) is 27.3 Å². The van der Waals surface area contributed by atoms with E-state index in [1.807, 2.05) is 39.0 Å². The van der Waals surface area contributed by atoms with E-state index in [0.717, 1.165) is 16.8 Å². The van der Waals surface area contributed by atoms with Crippen LogP contribution in [0.2, 0.25) is 0 Å². The molecule has 0 spiro atoms. The van der Waals surface area contributed by atoms with Gasteiger partial charge in [-0.25, -0.2) is 0 Å². The van der Waals surface area contributed by atoms with Crippen molar-refractivity contribution in [3.05, 3.63) is 63.1 Å². The number of hydrogen-bond acceptors (Lipinski definition) is 3. The number of carbonyl (C=O) groups is 1. The molecule has 0 aliphatic rings. The molecule has 0 saturated carbocycles. The van der Waals surface area contributed by atoms with Gasteiger partial charge in [0.15, 0.2) is 0 Å². The minimum absolute atomic E-state index is 0.129. The van der Waals surface area contributed by atoms with E-state index in [2.05, 4.69) is 5.32 Å². The van der Waals surface area contributed by atoms with E-state index in [4.69, 9.17) is 4.74 Å². The van der Waals surface area contributed by atoms with Gasteiger partial charge in [0.25, 0.3) is 11.5 Å². The van der Waals surface area contributed by atoms with E-state index >= 15 is 0 Å². The summed E-state index contributed by atoms with van der Waals surface area (Å²) in [7, 11) is 1.53. The van der Waals surface area contributed by atoms with Crippen LogP contribution in [0.15, 0.2) is 35.1 Å². The molecule has 0 aliphatic carbocycles. The SMILES string of the molecule is COc1cc(C)n(CCNC(=O)c2cc(C)cc(C)c2)c(=O)c1. The number of hydrogen-bond donors (Lipinski definition) is 1. The van der Waals surface area contributed by atoms with E-state index in [9.17, 15) is 9.59 Å². The lowest BCUT2D eigenvalue weighted by Gasteiger charge is -2.12. The van der Waals surface area contributed by atoms with Gasteiger partial charge in [-0.2, -0.15) is 0 Å². The minimum Gasteiger partial charge on any atom is -0.496 e. The smallest absolute Gasteiger partial charge is 0.254 e. The Morgan fingerprint density at radius 2 is 1.74 bits per heavy atom. The third-order valence-electron chi connectivity index (χ3n) is 3.65. The van der Waals surface area contributed by atoms with Crippen LogP contribution >= 0.6 is 0 Å². The van der Waals surface area contributed by atoms with Crippen molar-refractivity contribution in [2.75, 3.05) is 13.7 Å². The number of rotatable bonds is 5. The number of carbonyl (C=O) groups excluding carboxylic acids is 1. The summed E-state index contributed by atoms with van der Waals surface area (Å²) in [5.74, 6) is 0.416. The van der Waals surface area contributed by atoms with Crippen LogP contribution < -0.4 is 15.6 Å². The first-order valence-electron chi connectivity index (χ1n) is 7.52. The summed E-state index contributed by atoms with van der Waals surface area (Å²) in [4.78, 5) is 24.2. The Hall–Kier alpha value is -2.56. The summed E-state index contributed by atoms with van der Waals surface area (Å²) >= 11 is 0. The molecular formula is C18H22N2O3. The van der Waals surface area contributed by atoms with Crippen molar-refractivity contribution in [3.63, 3.8) is 0 Å². The highest BCUT2D eigenvalue weighted by molar-refractivity contribution is 5.94. The molecular weight excluding hydrogens is 292 g/mol. The molecule has 122 valence electrons. The van der Waals surface area contributed by atoms with Crippen LogP contribution in [0.5, 0.6) is 5.75 Å². The van der Waals surface area contributed by atoms with Gasteiger partial charge >= 0.3 is 0 Å². The van der Waals surface area contributed by atoms with Crippen LogP contribution in [-0.4, -0.2) is 24.1 Å². The second-order valence-electron chi connectivity index (χ2n) is 5.66. The highest BCUT2D eigenvalue weighted by atomic mass is 16.5. The molecule has 0 bridgehead atoms. The van der Waals surface area contributed by atoms with E-state index in [1.54, 1.807) is 10.6 Å². The Morgan fingerprint density at radius 1 is 1.09 bits per heavy atom. The first-order valence-corrected chi connectivity index (χ1v) is 7.52. The zero-order chi connectivity index (χ0) is 17.0. The van der Waals surface area contributed by atoms with Gasteiger partial charge in [-0.15, -0.1) is 0 Å². The number of aryl methyl sites for hydroxylation is 3. The number of methoxy groups -OCH3 is 1. The maximum absolute atomic E-state index is 12.2. The second kappa shape index (κ2) is 7.13. The largest absolute Gasteiger partial charge is 0.496 e. The molecule has 1 aromatic heterocycles. The Balaban J connectivity index is 2.02. The van der Waals surface area contributed by atoms with Gasteiger partial charge in [0.05, 0.1) is 7.11 Å². The molecule has 2 rings (SSSR count).